The molecule has 0 aromatic carbocycles. The predicted octanol–water partition coefficient (Wildman–Crippen LogP) is 1.70. The second-order valence-electron chi connectivity index (χ2n) is 2.79. The van der Waals surface area contributed by atoms with Crippen molar-refractivity contribution in [3.8, 4) is 0 Å². The Balaban J connectivity index is 2.26. The van der Waals surface area contributed by atoms with Crippen LogP contribution in [0.1, 0.15) is 0 Å². The molecule has 0 aliphatic carbocycles. The van der Waals surface area contributed by atoms with Crippen molar-refractivity contribution in [2.75, 3.05) is 18.9 Å². The summed E-state index contributed by atoms with van der Waals surface area (Å²) in [5, 5.41) is 4.01. The molecule has 1 aromatic rings. The third-order valence-corrected chi connectivity index (χ3v) is 1.76. The highest BCUT2D eigenvalue weighted by Gasteiger charge is 2.27. The van der Waals surface area contributed by atoms with Crippen LogP contribution < -0.4 is 5.73 Å². The summed E-state index contributed by atoms with van der Waals surface area (Å²) in [6, 6.07) is 0. The van der Waals surface area contributed by atoms with Gasteiger partial charge in [-0.2, -0.15) is 18.3 Å². The van der Waals surface area contributed by atoms with Crippen molar-refractivity contribution in [3.05, 3.63) is 11.2 Å². The van der Waals surface area contributed by atoms with Crippen molar-refractivity contribution in [2.45, 2.75) is 12.7 Å². The van der Waals surface area contributed by atoms with Crippen LogP contribution in [-0.4, -0.2) is 29.2 Å². The summed E-state index contributed by atoms with van der Waals surface area (Å²) in [5.41, 5.74) is 5.33. The lowest BCUT2D eigenvalue weighted by Crippen LogP contribution is -2.19. The number of hydrogen-bond acceptors (Lipinski definition) is 3. The lowest BCUT2D eigenvalue weighted by Gasteiger charge is -2.07. The lowest BCUT2D eigenvalue weighted by atomic mass is 10.6. The topological polar surface area (TPSA) is 53.1 Å². The molecule has 86 valence electrons. The van der Waals surface area contributed by atoms with Crippen molar-refractivity contribution in [2.24, 2.45) is 0 Å². The van der Waals surface area contributed by atoms with E-state index in [0.717, 1.165) is 0 Å². The fourth-order valence-corrected chi connectivity index (χ4v) is 1.02. The number of anilines is 1. The van der Waals surface area contributed by atoms with Crippen LogP contribution in [0.15, 0.2) is 6.20 Å². The van der Waals surface area contributed by atoms with Crippen LogP contribution in [0, 0.1) is 0 Å². The Morgan fingerprint density at radius 2 is 2.20 bits per heavy atom. The Labute approximate surface area is 88.8 Å². The molecule has 0 saturated carbocycles. The average molecular weight is 244 g/mol. The van der Waals surface area contributed by atoms with Gasteiger partial charge in [0.25, 0.3) is 0 Å². The molecule has 1 rings (SSSR count). The summed E-state index contributed by atoms with van der Waals surface area (Å²) >= 11 is 5.59. The van der Waals surface area contributed by atoms with Crippen LogP contribution in [0.4, 0.5) is 19.0 Å². The van der Waals surface area contributed by atoms with Crippen molar-refractivity contribution in [1.29, 1.82) is 0 Å². The SMILES string of the molecule is Nc1nn(CCOCC(F)(F)F)cc1Cl. The van der Waals surface area contributed by atoms with Crippen LogP contribution in [0.25, 0.3) is 0 Å². The third-order valence-electron chi connectivity index (χ3n) is 1.47. The van der Waals surface area contributed by atoms with E-state index in [1.807, 2.05) is 0 Å². The second-order valence-corrected chi connectivity index (χ2v) is 3.20. The number of alkyl halides is 3. The molecule has 0 spiro atoms. The minimum absolute atomic E-state index is 0.100. The summed E-state index contributed by atoms with van der Waals surface area (Å²) in [5.74, 6) is 0.146. The first-order valence-electron chi connectivity index (χ1n) is 4.01. The van der Waals surface area contributed by atoms with Gasteiger partial charge in [0.15, 0.2) is 5.82 Å². The summed E-state index contributed by atoms with van der Waals surface area (Å²) in [6.45, 7) is -1.19. The molecule has 8 heteroatoms. The van der Waals surface area contributed by atoms with E-state index in [9.17, 15) is 13.2 Å². The van der Waals surface area contributed by atoms with Gasteiger partial charge < -0.3 is 10.5 Å². The van der Waals surface area contributed by atoms with Crippen molar-refractivity contribution in [3.63, 3.8) is 0 Å². The molecule has 0 unspecified atom stereocenters. The minimum Gasteiger partial charge on any atom is -0.381 e. The maximum Gasteiger partial charge on any atom is 0.411 e. The largest absolute Gasteiger partial charge is 0.411 e. The standard InChI is InChI=1S/C7H9ClF3N3O/c8-5-3-14(13-6(5)12)1-2-15-4-7(9,10)11/h3H,1-2,4H2,(H2,12,13). The van der Waals surface area contributed by atoms with Gasteiger partial charge in [-0.1, -0.05) is 11.6 Å². The van der Waals surface area contributed by atoms with E-state index in [1.54, 1.807) is 0 Å². The van der Waals surface area contributed by atoms with Gasteiger partial charge in [0.2, 0.25) is 0 Å². The normalized spacial score (nSPS) is 12.0. The highest BCUT2D eigenvalue weighted by atomic mass is 35.5. The Hall–Kier alpha value is -0.950. The number of rotatable bonds is 4. The lowest BCUT2D eigenvalue weighted by molar-refractivity contribution is -0.174. The maximum atomic E-state index is 11.7. The fourth-order valence-electron chi connectivity index (χ4n) is 0.873. The number of aromatic nitrogens is 2. The molecular weight excluding hydrogens is 235 g/mol. The fraction of sp³-hybridized carbons (Fsp3) is 0.571. The summed E-state index contributed by atoms with van der Waals surface area (Å²) < 4.78 is 40.7. The maximum absolute atomic E-state index is 11.7. The van der Waals surface area contributed by atoms with Crippen molar-refractivity contribution in [1.82, 2.24) is 9.78 Å². The number of nitrogens with zero attached hydrogens (tertiary/aromatic N) is 2. The van der Waals surface area contributed by atoms with Crippen LogP contribution >= 0.6 is 11.6 Å². The molecule has 0 aliphatic rings. The number of hydrogen-bond donors (Lipinski definition) is 1. The first-order chi connectivity index (χ1) is 6.88. The zero-order valence-corrected chi connectivity index (χ0v) is 8.35. The Bertz CT molecular complexity index is 306. The molecule has 0 radical (unpaired) electrons. The van der Waals surface area contributed by atoms with Crippen molar-refractivity contribution < 1.29 is 17.9 Å². The number of ether oxygens (including phenoxy) is 1. The van der Waals surface area contributed by atoms with E-state index < -0.39 is 12.8 Å². The molecule has 4 nitrogen and oxygen atoms in total. The summed E-state index contributed by atoms with van der Waals surface area (Å²) in [7, 11) is 0. The Morgan fingerprint density at radius 1 is 1.53 bits per heavy atom. The van der Waals surface area contributed by atoms with E-state index in [-0.39, 0.29) is 24.0 Å². The van der Waals surface area contributed by atoms with Crippen LogP contribution in [-0.2, 0) is 11.3 Å². The van der Waals surface area contributed by atoms with Crippen LogP contribution in [0.3, 0.4) is 0 Å². The van der Waals surface area contributed by atoms with Gasteiger partial charge in [-0.05, 0) is 0 Å². The molecule has 2 N–H and O–H groups in total. The highest BCUT2D eigenvalue weighted by molar-refractivity contribution is 6.32. The van der Waals surface area contributed by atoms with Crippen LogP contribution in [0.5, 0.6) is 0 Å². The zero-order chi connectivity index (χ0) is 11.5. The van der Waals surface area contributed by atoms with E-state index in [2.05, 4.69) is 9.84 Å². The van der Waals surface area contributed by atoms with Gasteiger partial charge in [0.1, 0.15) is 11.6 Å². The summed E-state index contributed by atoms with van der Waals surface area (Å²) in [6.07, 6.45) is -2.88. The van der Waals surface area contributed by atoms with Gasteiger partial charge in [-0.25, -0.2) is 0 Å². The Kier molecular flexibility index (Phi) is 3.81. The Morgan fingerprint density at radius 3 is 2.67 bits per heavy atom. The highest BCUT2D eigenvalue weighted by Crippen LogP contribution is 2.16. The van der Waals surface area contributed by atoms with Crippen molar-refractivity contribution >= 4 is 17.4 Å². The van der Waals surface area contributed by atoms with Gasteiger partial charge in [-0.15, -0.1) is 0 Å². The van der Waals surface area contributed by atoms with E-state index in [4.69, 9.17) is 17.3 Å². The molecule has 0 fully saturated rings. The smallest absolute Gasteiger partial charge is 0.381 e. The number of halogens is 4. The number of nitrogens with two attached hydrogens (primary N) is 1. The average Bonchev–Trinajstić information content (AvgIpc) is 2.39. The summed E-state index contributed by atoms with van der Waals surface area (Å²) in [4.78, 5) is 0. The second kappa shape index (κ2) is 4.71. The molecule has 0 aliphatic heterocycles. The van der Waals surface area contributed by atoms with E-state index in [1.165, 1.54) is 10.9 Å². The van der Waals surface area contributed by atoms with Gasteiger partial charge in [-0.3, -0.25) is 4.68 Å². The molecule has 15 heavy (non-hydrogen) atoms. The molecule has 0 amide bonds. The quantitative estimate of drug-likeness (QED) is 0.819. The van der Waals surface area contributed by atoms with Gasteiger partial charge in [0, 0.05) is 6.20 Å². The molecule has 1 heterocycles. The first-order valence-corrected chi connectivity index (χ1v) is 4.39. The number of nitrogen functional groups attached to an aromatic ring is 1. The zero-order valence-electron chi connectivity index (χ0n) is 7.59. The molecule has 0 atom stereocenters. The molecule has 0 saturated heterocycles. The first kappa shape index (κ1) is 12.1. The minimum atomic E-state index is -4.30. The third kappa shape index (κ3) is 4.39. The molecule has 0 bridgehead atoms. The van der Waals surface area contributed by atoms with E-state index in [0.29, 0.717) is 0 Å². The van der Waals surface area contributed by atoms with Gasteiger partial charge in [0.05, 0.1) is 13.2 Å². The molecular formula is C7H9ClF3N3O. The van der Waals surface area contributed by atoms with Gasteiger partial charge >= 0.3 is 6.18 Å². The molecule has 1 aromatic heterocycles. The monoisotopic (exact) mass is 243 g/mol. The predicted molar refractivity (Wildman–Crippen MR) is 48.5 cm³/mol. The van der Waals surface area contributed by atoms with Crippen LogP contribution in [0.2, 0.25) is 5.02 Å². The van der Waals surface area contributed by atoms with E-state index >= 15 is 0 Å².